The van der Waals surface area contributed by atoms with Gasteiger partial charge in [-0.1, -0.05) is 0 Å². The minimum absolute atomic E-state index is 0.0353. The van der Waals surface area contributed by atoms with Crippen LogP contribution < -0.4 is 4.74 Å². The highest BCUT2D eigenvalue weighted by Gasteiger charge is 2.03. The maximum absolute atomic E-state index is 9.00. The first-order chi connectivity index (χ1) is 4.75. The highest BCUT2D eigenvalue weighted by Crippen LogP contribution is 2.19. The summed E-state index contributed by atoms with van der Waals surface area (Å²) in [6.07, 6.45) is 1.25. The molecule has 4 nitrogen and oxygen atoms in total. The zero-order valence-electron chi connectivity index (χ0n) is 5.83. The number of ether oxygens (including phenoxy) is 1. The highest BCUT2D eigenvalue weighted by atomic mass is 16.5. The smallest absolute Gasteiger partial charge is 0.222 e. The fourth-order valence-corrected chi connectivity index (χ4v) is 0.631. The Morgan fingerprint density at radius 2 is 2.20 bits per heavy atom. The van der Waals surface area contributed by atoms with Crippen LogP contribution in [-0.2, 0) is 0 Å². The molecule has 4 heteroatoms. The number of aromatic nitrogens is 2. The molecule has 54 valence electrons. The first-order valence-corrected chi connectivity index (χ1v) is 2.80. The van der Waals surface area contributed by atoms with Gasteiger partial charge in [-0.15, -0.1) is 0 Å². The van der Waals surface area contributed by atoms with Gasteiger partial charge in [0.15, 0.2) is 0 Å². The monoisotopic (exact) mass is 140 g/mol. The topological polar surface area (TPSA) is 55.2 Å². The van der Waals surface area contributed by atoms with E-state index >= 15 is 0 Å². The van der Waals surface area contributed by atoms with Crippen LogP contribution >= 0.6 is 0 Å². The van der Waals surface area contributed by atoms with E-state index in [2.05, 4.69) is 9.97 Å². The van der Waals surface area contributed by atoms with Crippen LogP contribution in [0.4, 0.5) is 0 Å². The molecule has 0 fully saturated rings. The molecule has 1 rings (SSSR count). The second-order valence-corrected chi connectivity index (χ2v) is 1.83. The van der Waals surface area contributed by atoms with Crippen molar-refractivity contribution >= 4 is 0 Å². The third-order valence-corrected chi connectivity index (χ3v) is 1.20. The van der Waals surface area contributed by atoms with E-state index in [4.69, 9.17) is 9.84 Å². The van der Waals surface area contributed by atoms with E-state index in [0.29, 0.717) is 11.4 Å². The number of rotatable bonds is 1. The summed E-state index contributed by atoms with van der Waals surface area (Å²) < 4.78 is 4.81. The van der Waals surface area contributed by atoms with Crippen LogP contribution in [0.5, 0.6) is 11.8 Å². The lowest BCUT2D eigenvalue weighted by Crippen LogP contribution is -1.92. The summed E-state index contributed by atoms with van der Waals surface area (Å²) in [4.78, 5) is 7.32. The van der Waals surface area contributed by atoms with Crippen molar-refractivity contribution in [2.24, 2.45) is 0 Å². The Morgan fingerprint density at radius 3 is 2.70 bits per heavy atom. The molecule has 0 bridgehead atoms. The molecule has 0 aliphatic heterocycles. The predicted octanol–water partition coefficient (Wildman–Crippen LogP) is 0.499. The van der Waals surface area contributed by atoms with Gasteiger partial charge in [-0.25, -0.2) is 9.97 Å². The second kappa shape index (κ2) is 2.51. The van der Waals surface area contributed by atoms with Gasteiger partial charge in [-0.05, 0) is 6.92 Å². The van der Waals surface area contributed by atoms with Crippen LogP contribution in [-0.4, -0.2) is 22.2 Å². The van der Waals surface area contributed by atoms with Gasteiger partial charge in [0.25, 0.3) is 0 Å². The molecule has 0 amide bonds. The van der Waals surface area contributed by atoms with Gasteiger partial charge >= 0.3 is 0 Å². The van der Waals surface area contributed by atoms with E-state index < -0.39 is 0 Å². The summed E-state index contributed by atoms with van der Waals surface area (Å²) in [6.45, 7) is 1.69. The molecule has 0 saturated heterocycles. The number of nitrogens with zero attached hydrogens (tertiary/aromatic N) is 2. The van der Waals surface area contributed by atoms with E-state index in [1.54, 1.807) is 6.92 Å². The summed E-state index contributed by atoms with van der Waals surface area (Å²) in [6, 6.07) is 0. The molecule has 0 saturated carbocycles. The highest BCUT2D eigenvalue weighted by molar-refractivity contribution is 5.30. The van der Waals surface area contributed by atoms with Gasteiger partial charge < -0.3 is 9.84 Å². The summed E-state index contributed by atoms with van der Waals surface area (Å²) in [5.74, 6) is 0.374. The standard InChI is InChI=1S/C6H8N2O2/c1-4-5(9)7-3-8-6(4)10-2/h3H,1-2H3,(H,7,8,9). The molecule has 1 aromatic rings. The van der Waals surface area contributed by atoms with Gasteiger partial charge in [-0.3, -0.25) is 0 Å². The van der Waals surface area contributed by atoms with Crippen molar-refractivity contribution in [1.82, 2.24) is 9.97 Å². The Kier molecular flexibility index (Phi) is 1.71. The van der Waals surface area contributed by atoms with Gasteiger partial charge in [0.2, 0.25) is 11.8 Å². The van der Waals surface area contributed by atoms with Crippen molar-refractivity contribution in [2.75, 3.05) is 7.11 Å². The van der Waals surface area contributed by atoms with Crippen LogP contribution in [0.15, 0.2) is 6.33 Å². The normalized spacial score (nSPS) is 9.40. The van der Waals surface area contributed by atoms with Crippen LogP contribution in [0.1, 0.15) is 5.56 Å². The van der Waals surface area contributed by atoms with Gasteiger partial charge in [-0.2, -0.15) is 0 Å². The first-order valence-electron chi connectivity index (χ1n) is 2.80. The van der Waals surface area contributed by atoms with E-state index in [-0.39, 0.29) is 5.88 Å². The zero-order valence-corrected chi connectivity index (χ0v) is 5.83. The summed E-state index contributed by atoms with van der Waals surface area (Å²) in [5, 5.41) is 9.00. The maximum atomic E-state index is 9.00. The Labute approximate surface area is 58.5 Å². The Hall–Kier alpha value is -1.32. The lowest BCUT2D eigenvalue weighted by atomic mass is 10.3. The molecule has 0 aromatic carbocycles. The van der Waals surface area contributed by atoms with Gasteiger partial charge in [0, 0.05) is 0 Å². The van der Waals surface area contributed by atoms with Crippen molar-refractivity contribution in [3.63, 3.8) is 0 Å². The molecular formula is C6H8N2O2. The molecule has 0 atom stereocenters. The molecule has 1 heterocycles. The lowest BCUT2D eigenvalue weighted by molar-refractivity contribution is 0.380. The van der Waals surface area contributed by atoms with Crippen molar-refractivity contribution < 1.29 is 9.84 Å². The predicted molar refractivity (Wildman–Crippen MR) is 35.0 cm³/mol. The molecule has 0 unspecified atom stereocenters. The van der Waals surface area contributed by atoms with E-state index in [1.807, 2.05) is 0 Å². The molecule has 0 aliphatic rings. The number of aromatic hydroxyl groups is 1. The van der Waals surface area contributed by atoms with E-state index in [0.717, 1.165) is 0 Å². The van der Waals surface area contributed by atoms with E-state index in [1.165, 1.54) is 13.4 Å². The maximum Gasteiger partial charge on any atom is 0.222 e. The Bertz CT molecular complexity index is 237. The second-order valence-electron chi connectivity index (χ2n) is 1.83. The largest absolute Gasteiger partial charge is 0.493 e. The van der Waals surface area contributed by atoms with Crippen LogP contribution in [0.3, 0.4) is 0 Å². The quantitative estimate of drug-likeness (QED) is 0.617. The zero-order chi connectivity index (χ0) is 7.56. The molecule has 0 aliphatic carbocycles. The fraction of sp³-hybridized carbons (Fsp3) is 0.333. The Morgan fingerprint density at radius 1 is 1.50 bits per heavy atom. The number of hydrogen-bond acceptors (Lipinski definition) is 4. The first kappa shape index (κ1) is 6.80. The van der Waals surface area contributed by atoms with Crippen LogP contribution in [0, 0.1) is 6.92 Å². The van der Waals surface area contributed by atoms with E-state index in [9.17, 15) is 0 Å². The van der Waals surface area contributed by atoms with Gasteiger partial charge in [0.05, 0.1) is 12.7 Å². The molecule has 1 N–H and O–H groups in total. The minimum Gasteiger partial charge on any atom is -0.493 e. The van der Waals surface area contributed by atoms with Crippen molar-refractivity contribution in [1.29, 1.82) is 0 Å². The number of hydrogen-bond donors (Lipinski definition) is 1. The van der Waals surface area contributed by atoms with Crippen LogP contribution in [0.25, 0.3) is 0 Å². The summed E-state index contributed by atoms with van der Waals surface area (Å²) >= 11 is 0. The molecular weight excluding hydrogens is 132 g/mol. The van der Waals surface area contributed by atoms with Crippen LogP contribution in [0.2, 0.25) is 0 Å². The van der Waals surface area contributed by atoms with Crippen molar-refractivity contribution in [3.8, 4) is 11.8 Å². The minimum atomic E-state index is -0.0353. The number of methoxy groups -OCH3 is 1. The van der Waals surface area contributed by atoms with Crippen molar-refractivity contribution in [2.45, 2.75) is 6.92 Å². The molecule has 0 spiro atoms. The molecule has 0 radical (unpaired) electrons. The van der Waals surface area contributed by atoms with Gasteiger partial charge in [0.1, 0.15) is 6.33 Å². The Balaban J connectivity index is 3.14. The molecule has 1 aromatic heterocycles. The summed E-state index contributed by atoms with van der Waals surface area (Å²) in [5.41, 5.74) is 0.560. The lowest BCUT2D eigenvalue weighted by Gasteiger charge is -2.01. The molecule has 10 heavy (non-hydrogen) atoms. The SMILES string of the molecule is COc1ncnc(O)c1C. The third-order valence-electron chi connectivity index (χ3n) is 1.20. The summed E-state index contributed by atoms with van der Waals surface area (Å²) in [7, 11) is 1.49. The van der Waals surface area contributed by atoms with Crippen molar-refractivity contribution in [3.05, 3.63) is 11.9 Å². The average molecular weight is 140 g/mol. The fourth-order valence-electron chi connectivity index (χ4n) is 0.631. The third kappa shape index (κ3) is 1.00. The average Bonchev–Trinajstić information content (AvgIpc) is 1.95.